The van der Waals surface area contributed by atoms with Gasteiger partial charge in [0.05, 0.1) is 5.57 Å². The Kier molecular flexibility index (Phi) is 8.33. The average molecular weight is 265 g/mol. The number of carbonyl (C=O) groups excluding carboxylic acids is 1. The molecule has 0 rings (SSSR count). The Morgan fingerprint density at radius 3 is 2.22 bits per heavy atom. The van der Waals surface area contributed by atoms with Gasteiger partial charge in [0.2, 0.25) is 0 Å². The minimum Gasteiger partial charge on any atom is -0.488 e. The summed E-state index contributed by atoms with van der Waals surface area (Å²) in [6, 6.07) is 0. The first kappa shape index (κ1) is 16.2. The van der Waals surface area contributed by atoms with E-state index in [2.05, 4.69) is 19.7 Å². The molecule has 0 spiro atoms. The lowest BCUT2D eigenvalue weighted by Crippen LogP contribution is -2.04. The van der Waals surface area contributed by atoms with E-state index in [0.717, 1.165) is 5.57 Å². The molecule has 0 aliphatic rings. The minimum atomic E-state index is -0.587. The molecule has 18 heavy (non-hydrogen) atoms. The molecule has 0 N–H and O–H groups in total. The topological polar surface area (TPSA) is 26.3 Å². The van der Waals surface area contributed by atoms with E-state index in [4.69, 9.17) is 16.3 Å². The van der Waals surface area contributed by atoms with Crippen molar-refractivity contribution in [3.05, 3.63) is 73.1 Å². The van der Waals surface area contributed by atoms with Crippen LogP contribution in [0.25, 0.3) is 0 Å². The van der Waals surface area contributed by atoms with Gasteiger partial charge >= 0.3 is 0 Å². The van der Waals surface area contributed by atoms with Crippen LogP contribution in [-0.2, 0) is 9.53 Å². The first-order valence-electron chi connectivity index (χ1n) is 5.36. The lowest BCUT2D eigenvalue weighted by atomic mass is 10.2. The summed E-state index contributed by atoms with van der Waals surface area (Å²) in [5.41, 5.74) is 1.13. The molecular weight excluding hydrogens is 248 g/mol. The lowest BCUT2D eigenvalue weighted by Gasteiger charge is -2.11. The molecule has 0 aliphatic carbocycles. The van der Waals surface area contributed by atoms with E-state index in [1.807, 2.05) is 0 Å². The summed E-state index contributed by atoms with van der Waals surface area (Å²) >= 11 is 5.48. The van der Waals surface area contributed by atoms with Crippen LogP contribution < -0.4 is 0 Å². The molecule has 0 bridgehead atoms. The molecule has 2 nitrogen and oxygen atoms in total. The van der Waals surface area contributed by atoms with Crippen LogP contribution in [0.2, 0.25) is 0 Å². The Bertz CT molecular complexity index is 426. The lowest BCUT2D eigenvalue weighted by molar-refractivity contribution is -0.108. The van der Waals surface area contributed by atoms with Crippen LogP contribution >= 0.6 is 11.6 Å². The van der Waals surface area contributed by atoms with Crippen molar-refractivity contribution in [3.63, 3.8) is 0 Å². The Hall–Kier alpha value is -1.80. The van der Waals surface area contributed by atoms with Crippen molar-refractivity contribution in [1.29, 1.82) is 0 Å². The van der Waals surface area contributed by atoms with Crippen molar-refractivity contribution in [3.8, 4) is 0 Å². The van der Waals surface area contributed by atoms with Gasteiger partial charge in [0, 0.05) is 0 Å². The standard InChI is InChI=1S/C15H17ClO2/c1-5-9-12(7-3)11-18-14(8-4)13(10-6-2)15(16)17/h5-10H,1-3,11H2,4H3/b12-9+,13-10+,14-8+. The third-order valence-electron chi connectivity index (χ3n) is 2.01. The molecular formula is C15H17ClO2. The van der Waals surface area contributed by atoms with Crippen LogP contribution in [0.3, 0.4) is 0 Å². The maximum atomic E-state index is 11.3. The number of allylic oxidation sites excluding steroid dienone is 6. The molecule has 0 aromatic heterocycles. The number of halogens is 1. The van der Waals surface area contributed by atoms with E-state index >= 15 is 0 Å². The number of hydrogen-bond acceptors (Lipinski definition) is 2. The summed E-state index contributed by atoms with van der Waals surface area (Å²) in [6.07, 6.45) is 9.74. The Morgan fingerprint density at radius 2 is 1.83 bits per heavy atom. The quantitative estimate of drug-likeness (QED) is 0.286. The number of rotatable bonds is 8. The predicted molar refractivity (Wildman–Crippen MR) is 77.3 cm³/mol. The summed E-state index contributed by atoms with van der Waals surface area (Å²) in [7, 11) is 0. The second-order valence-electron chi connectivity index (χ2n) is 3.21. The fraction of sp³-hybridized carbons (Fsp3) is 0.133. The fourth-order valence-corrected chi connectivity index (χ4v) is 1.32. The van der Waals surface area contributed by atoms with E-state index in [1.165, 1.54) is 12.2 Å². The van der Waals surface area contributed by atoms with Gasteiger partial charge in [-0.2, -0.15) is 0 Å². The third kappa shape index (κ3) is 5.51. The average Bonchev–Trinajstić information content (AvgIpc) is 2.36. The Labute approximate surface area is 113 Å². The van der Waals surface area contributed by atoms with Gasteiger partial charge in [0.25, 0.3) is 5.24 Å². The molecule has 0 unspecified atom stereocenters. The van der Waals surface area contributed by atoms with E-state index in [1.54, 1.807) is 31.2 Å². The van der Waals surface area contributed by atoms with Gasteiger partial charge < -0.3 is 4.74 Å². The summed E-state index contributed by atoms with van der Waals surface area (Å²) in [6.45, 7) is 12.8. The zero-order valence-electron chi connectivity index (χ0n) is 10.5. The van der Waals surface area contributed by atoms with Gasteiger partial charge in [-0.05, 0) is 36.2 Å². The molecule has 96 valence electrons. The number of hydrogen-bond donors (Lipinski definition) is 0. The molecule has 0 radical (unpaired) electrons. The first-order chi connectivity index (χ1) is 8.60. The van der Waals surface area contributed by atoms with E-state index in [0.29, 0.717) is 5.76 Å². The zero-order valence-corrected chi connectivity index (χ0v) is 11.2. The van der Waals surface area contributed by atoms with Gasteiger partial charge in [-0.1, -0.05) is 44.0 Å². The third-order valence-corrected chi connectivity index (χ3v) is 2.22. The molecule has 3 heteroatoms. The van der Waals surface area contributed by atoms with Crippen molar-refractivity contribution in [2.75, 3.05) is 6.61 Å². The maximum absolute atomic E-state index is 11.3. The van der Waals surface area contributed by atoms with Gasteiger partial charge in [-0.15, -0.1) is 0 Å². The van der Waals surface area contributed by atoms with Crippen LogP contribution in [0, 0.1) is 0 Å². The van der Waals surface area contributed by atoms with Crippen molar-refractivity contribution >= 4 is 16.8 Å². The summed E-state index contributed by atoms with van der Waals surface area (Å²) in [5.74, 6) is 0.409. The fourth-order valence-electron chi connectivity index (χ4n) is 1.17. The van der Waals surface area contributed by atoms with Crippen LogP contribution in [0.1, 0.15) is 6.92 Å². The van der Waals surface area contributed by atoms with E-state index in [9.17, 15) is 4.79 Å². The maximum Gasteiger partial charge on any atom is 0.256 e. The molecule has 0 aromatic carbocycles. The summed E-state index contributed by atoms with van der Waals surface area (Å²) < 4.78 is 5.53. The normalized spacial score (nSPS) is 12.9. The van der Waals surface area contributed by atoms with Crippen LogP contribution in [-0.4, -0.2) is 11.8 Å². The molecule has 0 heterocycles. The SMILES string of the molecule is C=C/C=C(\C=C)COC(=C/C)/C(=C\C=C)C(=O)Cl. The summed E-state index contributed by atoms with van der Waals surface area (Å²) in [4.78, 5) is 11.3. The highest BCUT2D eigenvalue weighted by Crippen LogP contribution is 2.16. The van der Waals surface area contributed by atoms with Crippen LogP contribution in [0.5, 0.6) is 0 Å². The van der Waals surface area contributed by atoms with Crippen molar-refractivity contribution in [2.24, 2.45) is 0 Å². The molecule has 0 aliphatic heterocycles. The molecule has 0 saturated carbocycles. The monoisotopic (exact) mass is 264 g/mol. The smallest absolute Gasteiger partial charge is 0.256 e. The van der Waals surface area contributed by atoms with Crippen molar-refractivity contribution < 1.29 is 9.53 Å². The minimum absolute atomic E-state index is 0.274. The molecule has 0 fully saturated rings. The van der Waals surface area contributed by atoms with Gasteiger partial charge in [-0.25, -0.2) is 0 Å². The second-order valence-corrected chi connectivity index (χ2v) is 3.56. The second kappa shape index (κ2) is 9.25. The predicted octanol–water partition coefficient (Wildman–Crippen LogP) is 4.08. The van der Waals surface area contributed by atoms with Crippen LogP contribution in [0.15, 0.2) is 73.1 Å². The number of carbonyl (C=O) groups is 1. The van der Waals surface area contributed by atoms with Gasteiger partial charge in [0.1, 0.15) is 12.4 Å². The van der Waals surface area contributed by atoms with Gasteiger partial charge in [0.15, 0.2) is 0 Å². The highest BCUT2D eigenvalue weighted by Gasteiger charge is 2.12. The summed E-state index contributed by atoms with van der Waals surface area (Å²) in [5, 5.41) is -0.587. The molecule has 0 saturated heterocycles. The number of ether oxygens (including phenoxy) is 1. The Balaban J connectivity index is 4.92. The first-order valence-corrected chi connectivity index (χ1v) is 5.74. The van der Waals surface area contributed by atoms with Crippen molar-refractivity contribution in [1.82, 2.24) is 0 Å². The largest absolute Gasteiger partial charge is 0.488 e. The molecule has 0 aromatic rings. The highest BCUT2D eigenvalue weighted by atomic mass is 35.5. The van der Waals surface area contributed by atoms with Crippen molar-refractivity contribution in [2.45, 2.75) is 6.92 Å². The molecule has 0 atom stereocenters. The molecule has 0 amide bonds. The zero-order chi connectivity index (χ0) is 14.0. The van der Waals surface area contributed by atoms with Gasteiger partial charge in [-0.3, -0.25) is 4.79 Å². The Morgan fingerprint density at radius 1 is 1.22 bits per heavy atom. The van der Waals surface area contributed by atoms with E-state index in [-0.39, 0.29) is 12.2 Å². The van der Waals surface area contributed by atoms with E-state index < -0.39 is 5.24 Å². The highest BCUT2D eigenvalue weighted by molar-refractivity contribution is 6.68. The van der Waals surface area contributed by atoms with Crippen LogP contribution in [0.4, 0.5) is 0 Å².